The van der Waals surface area contributed by atoms with Crippen LogP contribution < -0.4 is 5.73 Å². The van der Waals surface area contributed by atoms with Crippen LogP contribution in [0.2, 0.25) is 0 Å². The van der Waals surface area contributed by atoms with Crippen LogP contribution in [0.1, 0.15) is 20.3 Å². The highest BCUT2D eigenvalue weighted by molar-refractivity contribution is 7.89. The number of sulfonamides is 1. The van der Waals surface area contributed by atoms with Crippen LogP contribution in [-0.4, -0.2) is 36.8 Å². The molecule has 2 rings (SSSR count). The number of rotatable bonds is 3. The molecule has 0 aliphatic carbocycles. The van der Waals surface area contributed by atoms with Gasteiger partial charge in [-0.2, -0.15) is 8.70 Å². The molecule has 23 heavy (non-hydrogen) atoms. The van der Waals surface area contributed by atoms with E-state index in [-0.39, 0.29) is 31.5 Å². The molecule has 0 saturated carbocycles. The van der Waals surface area contributed by atoms with Crippen molar-refractivity contribution in [2.24, 2.45) is 11.1 Å². The quantitative estimate of drug-likeness (QED) is 0.648. The number of nitrogens with two attached hydrogens (primary N) is 1. The molecule has 1 aliphatic heterocycles. The molecule has 1 unspecified atom stereocenters. The summed E-state index contributed by atoms with van der Waals surface area (Å²) in [5.41, 5.74) is 4.49. The number of nitro groups is 1. The molecule has 1 aliphatic rings. The van der Waals surface area contributed by atoms with Gasteiger partial charge in [-0.15, -0.1) is 12.4 Å². The van der Waals surface area contributed by atoms with E-state index in [2.05, 4.69) is 0 Å². The van der Waals surface area contributed by atoms with Gasteiger partial charge in [0.2, 0.25) is 15.8 Å². The smallest absolute Gasteiger partial charge is 0.324 e. The van der Waals surface area contributed by atoms with Crippen LogP contribution in [0.3, 0.4) is 0 Å². The maximum atomic E-state index is 13.7. The predicted octanol–water partition coefficient (Wildman–Crippen LogP) is 1.90. The van der Waals surface area contributed by atoms with Crippen molar-refractivity contribution in [1.82, 2.24) is 4.31 Å². The zero-order valence-electron chi connectivity index (χ0n) is 12.7. The molecular weight excluding hydrogens is 349 g/mol. The van der Waals surface area contributed by atoms with E-state index < -0.39 is 36.8 Å². The zero-order chi connectivity index (χ0) is 16.7. The monoisotopic (exact) mass is 367 g/mol. The van der Waals surface area contributed by atoms with Crippen LogP contribution >= 0.6 is 12.4 Å². The average molecular weight is 368 g/mol. The number of halogens is 2. The summed E-state index contributed by atoms with van der Waals surface area (Å²) in [6, 6.07) is 2.91. The lowest BCUT2D eigenvalue weighted by atomic mass is 9.81. The molecular formula is C13H19ClFN3O4S. The van der Waals surface area contributed by atoms with E-state index in [9.17, 15) is 22.9 Å². The Morgan fingerprint density at radius 1 is 1.43 bits per heavy atom. The third-order valence-corrected chi connectivity index (χ3v) is 5.90. The van der Waals surface area contributed by atoms with E-state index in [1.165, 1.54) is 0 Å². The number of hydrogen-bond donors (Lipinski definition) is 1. The van der Waals surface area contributed by atoms with Gasteiger partial charge >= 0.3 is 5.69 Å². The fraction of sp³-hybridized carbons (Fsp3) is 0.538. The number of piperidine rings is 1. The SMILES string of the molecule is CC1(C)CN(S(=O)(=O)c2cccc(F)c2[N+](=O)[O-])CCC1N.Cl. The van der Waals surface area contributed by atoms with E-state index in [0.717, 1.165) is 22.5 Å². The van der Waals surface area contributed by atoms with Gasteiger partial charge in [0.25, 0.3) is 0 Å². The maximum Gasteiger partial charge on any atom is 0.324 e. The summed E-state index contributed by atoms with van der Waals surface area (Å²) in [4.78, 5) is 9.38. The van der Waals surface area contributed by atoms with Crippen molar-refractivity contribution in [3.63, 3.8) is 0 Å². The second-order valence-corrected chi connectivity index (χ2v) is 7.97. The van der Waals surface area contributed by atoms with Crippen molar-refractivity contribution in [3.8, 4) is 0 Å². The Kier molecular flexibility index (Phi) is 5.74. The van der Waals surface area contributed by atoms with Gasteiger partial charge in [0.15, 0.2) is 4.90 Å². The van der Waals surface area contributed by atoms with Gasteiger partial charge < -0.3 is 5.73 Å². The average Bonchev–Trinajstić information content (AvgIpc) is 2.40. The van der Waals surface area contributed by atoms with E-state index in [1.807, 2.05) is 13.8 Å². The molecule has 1 fully saturated rings. The molecule has 1 aromatic carbocycles. The lowest BCUT2D eigenvalue weighted by Crippen LogP contribution is -2.53. The maximum absolute atomic E-state index is 13.7. The predicted molar refractivity (Wildman–Crippen MR) is 85.4 cm³/mol. The highest BCUT2D eigenvalue weighted by Crippen LogP contribution is 2.34. The molecule has 130 valence electrons. The van der Waals surface area contributed by atoms with Crippen LogP contribution in [0.25, 0.3) is 0 Å². The number of nitro benzene ring substituents is 1. The summed E-state index contributed by atoms with van der Waals surface area (Å²) in [6.07, 6.45) is 0.440. The van der Waals surface area contributed by atoms with Crippen LogP contribution in [0.5, 0.6) is 0 Å². The van der Waals surface area contributed by atoms with E-state index in [4.69, 9.17) is 5.73 Å². The Hall–Kier alpha value is -1.29. The number of para-hydroxylation sites is 1. The lowest BCUT2D eigenvalue weighted by Gasteiger charge is -2.41. The molecule has 0 bridgehead atoms. The summed E-state index contributed by atoms with van der Waals surface area (Å²) in [5, 5.41) is 11.0. The van der Waals surface area contributed by atoms with Gasteiger partial charge in [0, 0.05) is 19.1 Å². The Balaban J connectivity index is 0.00000264. The van der Waals surface area contributed by atoms with Crippen LogP contribution in [0, 0.1) is 21.3 Å². The van der Waals surface area contributed by atoms with Gasteiger partial charge in [-0.3, -0.25) is 10.1 Å². The third-order valence-electron chi connectivity index (χ3n) is 4.03. The molecule has 7 nitrogen and oxygen atoms in total. The van der Waals surface area contributed by atoms with Gasteiger partial charge in [0.1, 0.15) is 0 Å². The minimum Gasteiger partial charge on any atom is -0.327 e. The van der Waals surface area contributed by atoms with Crippen molar-refractivity contribution < 1.29 is 17.7 Å². The first-order chi connectivity index (χ1) is 10.1. The Morgan fingerprint density at radius 3 is 2.57 bits per heavy atom. The van der Waals surface area contributed by atoms with Crippen molar-refractivity contribution in [1.29, 1.82) is 0 Å². The second kappa shape index (κ2) is 6.68. The van der Waals surface area contributed by atoms with Gasteiger partial charge in [-0.1, -0.05) is 19.9 Å². The summed E-state index contributed by atoms with van der Waals surface area (Å²) < 4.78 is 40.2. The summed E-state index contributed by atoms with van der Waals surface area (Å²) in [5.74, 6) is -1.17. The highest BCUT2D eigenvalue weighted by atomic mass is 35.5. The minimum absolute atomic E-state index is 0. The first kappa shape index (κ1) is 19.8. The molecule has 1 heterocycles. The van der Waals surface area contributed by atoms with Crippen molar-refractivity contribution in [3.05, 3.63) is 34.1 Å². The zero-order valence-corrected chi connectivity index (χ0v) is 14.4. The van der Waals surface area contributed by atoms with E-state index in [1.54, 1.807) is 0 Å². The molecule has 1 aromatic rings. The Labute approximate surface area is 140 Å². The molecule has 1 saturated heterocycles. The third kappa shape index (κ3) is 3.63. The normalized spacial score (nSPS) is 21.5. The van der Waals surface area contributed by atoms with Gasteiger partial charge in [0.05, 0.1) is 4.92 Å². The van der Waals surface area contributed by atoms with Gasteiger partial charge in [-0.25, -0.2) is 8.42 Å². The standard InChI is InChI=1S/C13H18FN3O4S.ClH/c1-13(2)8-16(7-6-11(13)15)22(20,21)10-5-3-4-9(14)12(10)17(18)19;/h3-5,11H,6-8,15H2,1-2H3;1H. The minimum atomic E-state index is -4.16. The summed E-state index contributed by atoms with van der Waals surface area (Å²) >= 11 is 0. The number of benzene rings is 1. The van der Waals surface area contributed by atoms with Gasteiger partial charge in [-0.05, 0) is 24.0 Å². The second-order valence-electron chi connectivity index (χ2n) is 6.07. The summed E-state index contributed by atoms with van der Waals surface area (Å²) in [7, 11) is -4.16. The molecule has 0 spiro atoms. The van der Waals surface area contributed by atoms with E-state index >= 15 is 0 Å². The molecule has 0 radical (unpaired) electrons. The number of hydrogen-bond acceptors (Lipinski definition) is 5. The van der Waals surface area contributed by atoms with Crippen LogP contribution in [0.15, 0.2) is 23.1 Å². The Bertz CT molecular complexity index is 711. The topological polar surface area (TPSA) is 107 Å². The molecule has 10 heteroatoms. The molecule has 1 atom stereocenters. The van der Waals surface area contributed by atoms with E-state index in [0.29, 0.717) is 6.42 Å². The summed E-state index contributed by atoms with van der Waals surface area (Å²) in [6.45, 7) is 3.95. The molecule has 0 aromatic heterocycles. The lowest BCUT2D eigenvalue weighted by molar-refractivity contribution is -0.390. The fourth-order valence-electron chi connectivity index (χ4n) is 2.55. The van der Waals surface area contributed by atoms with Crippen LogP contribution in [0.4, 0.5) is 10.1 Å². The molecule has 0 amide bonds. The van der Waals surface area contributed by atoms with Crippen LogP contribution in [-0.2, 0) is 10.0 Å². The highest BCUT2D eigenvalue weighted by Gasteiger charge is 2.41. The van der Waals surface area contributed by atoms with Crippen molar-refractivity contribution in [2.75, 3.05) is 13.1 Å². The largest absolute Gasteiger partial charge is 0.327 e. The number of nitrogens with zero attached hydrogens (tertiary/aromatic N) is 2. The molecule has 2 N–H and O–H groups in total. The Morgan fingerprint density at radius 2 is 2.04 bits per heavy atom. The first-order valence-electron chi connectivity index (χ1n) is 6.76. The van der Waals surface area contributed by atoms with Crippen molar-refractivity contribution in [2.45, 2.75) is 31.2 Å². The first-order valence-corrected chi connectivity index (χ1v) is 8.20. The van der Waals surface area contributed by atoms with Crippen molar-refractivity contribution >= 4 is 28.1 Å². The fourth-order valence-corrected chi connectivity index (χ4v) is 4.34.